The molecule has 3 aromatic heterocycles. The maximum atomic E-state index is 12.1. The van der Waals surface area contributed by atoms with Gasteiger partial charge in [-0.3, -0.25) is 24.7 Å². The van der Waals surface area contributed by atoms with Gasteiger partial charge in [0.25, 0.3) is 5.91 Å². The van der Waals surface area contributed by atoms with Crippen molar-refractivity contribution in [2.75, 3.05) is 5.32 Å². The minimum Gasteiger partial charge on any atom is -0.352 e. The number of anilines is 1. The molecule has 3 heterocycles. The Balaban J connectivity index is 1.46. The standard InChI is InChI=1S/C18H17N5O3S/c24-15-3-1-13(10-21-15)17(26)23-18-22-14(11-27-18)2-4-16(25)20-9-12-5-7-19-8-6-12/h1,3,5-8,10-11H,2,4,9H2,(H,20,25)(H,21,24)(H,22,23,26). The summed E-state index contributed by atoms with van der Waals surface area (Å²) in [5, 5.41) is 7.76. The molecule has 0 aliphatic rings. The zero-order valence-electron chi connectivity index (χ0n) is 14.3. The zero-order chi connectivity index (χ0) is 19.1. The highest BCUT2D eigenvalue weighted by atomic mass is 32.1. The van der Waals surface area contributed by atoms with Crippen molar-refractivity contribution in [2.24, 2.45) is 0 Å². The van der Waals surface area contributed by atoms with Crippen LogP contribution in [0.4, 0.5) is 5.13 Å². The van der Waals surface area contributed by atoms with E-state index in [1.165, 1.54) is 29.7 Å². The molecule has 0 bridgehead atoms. The van der Waals surface area contributed by atoms with E-state index in [-0.39, 0.29) is 17.4 Å². The summed E-state index contributed by atoms with van der Waals surface area (Å²) < 4.78 is 0. The van der Waals surface area contributed by atoms with Crippen LogP contribution in [0.2, 0.25) is 0 Å². The maximum absolute atomic E-state index is 12.1. The van der Waals surface area contributed by atoms with Gasteiger partial charge in [-0.25, -0.2) is 4.98 Å². The van der Waals surface area contributed by atoms with E-state index in [9.17, 15) is 14.4 Å². The van der Waals surface area contributed by atoms with Gasteiger partial charge in [0.15, 0.2) is 5.13 Å². The highest BCUT2D eigenvalue weighted by Crippen LogP contribution is 2.17. The van der Waals surface area contributed by atoms with Gasteiger partial charge in [0.2, 0.25) is 11.5 Å². The molecule has 9 heteroatoms. The fourth-order valence-electron chi connectivity index (χ4n) is 2.23. The summed E-state index contributed by atoms with van der Waals surface area (Å²) in [6.07, 6.45) is 5.49. The topological polar surface area (TPSA) is 117 Å². The zero-order valence-corrected chi connectivity index (χ0v) is 15.1. The number of carbonyl (C=O) groups is 2. The summed E-state index contributed by atoms with van der Waals surface area (Å²) in [5.41, 5.74) is 1.78. The minimum absolute atomic E-state index is 0.0707. The lowest BCUT2D eigenvalue weighted by Crippen LogP contribution is -2.23. The van der Waals surface area contributed by atoms with Crippen molar-refractivity contribution >= 4 is 28.3 Å². The number of aryl methyl sites for hydroxylation is 1. The van der Waals surface area contributed by atoms with Crippen LogP contribution in [0.1, 0.15) is 28.0 Å². The van der Waals surface area contributed by atoms with Crippen LogP contribution in [0.15, 0.2) is 53.0 Å². The van der Waals surface area contributed by atoms with Crippen LogP contribution in [-0.4, -0.2) is 26.8 Å². The summed E-state index contributed by atoms with van der Waals surface area (Å²) in [4.78, 5) is 45.7. The average molecular weight is 383 g/mol. The Bertz CT molecular complexity index is 963. The number of rotatable bonds is 7. The second-order valence-corrected chi connectivity index (χ2v) is 6.53. The predicted octanol–water partition coefficient (Wildman–Crippen LogP) is 1.73. The molecular formula is C18H17N5O3S. The number of H-pyrrole nitrogens is 1. The van der Waals surface area contributed by atoms with Gasteiger partial charge in [-0.1, -0.05) is 0 Å². The number of nitrogens with zero attached hydrogens (tertiary/aromatic N) is 2. The molecule has 0 aromatic carbocycles. The third-order valence-electron chi connectivity index (χ3n) is 3.67. The van der Waals surface area contributed by atoms with Gasteiger partial charge < -0.3 is 10.3 Å². The molecule has 0 spiro atoms. The molecule has 27 heavy (non-hydrogen) atoms. The lowest BCUT2D eigenvalue weighted by Gasteiger charge is -2.04. The Hall–Kier alpha value is -3.33. The molecule has 0 saturated heterocycles. The molecule has 0 radical (unpaired) electrons. The van der Waals surface area contributed by atoms with E-state index < -0.39 is 0 Å². The Morgan fingerprint density at radius 1 is 1.15 bits per heavy atom. The summed E-state index contributed by atoms with van der Waals surface area (Å²) in [7, 11) is 0. The Kier molecular flexibility index (Phi) is 6.06. The van der Waals surface area contributed by atoms with E-state index in [4.69, 9.17) is 0 Å². The van der Waals surface area contributed by atoms with Gasteiger partial charge in [-0.15, -0.1) is 11.3 Å². The molecule has 2 amide bonds. The van der Waals surface area contributed by atoms with Gasteiger partial charge in [-0.2, -0.15) is 0 Å². The minimum atomic E-state index is -0.359. The molecule has 8 nitrogen and oxygen atoms in total. The normalized spacial score (nSPS) is 10.4. The molecule has 0 aliphatic heterocycles. The van der Waals surface area contributed by atoms with Gasteiger partial charge in [0.1, 0.15) is 0 Å². The number of nitrogens with one attached hydrogen (secondary N) is 3. The fourth-order valence-corrected chi connectivity index (χ4v) is 2.97. The van der Waals surface area contributed by atoms with E-state index in [2.05, 4.69) is 25.6 Å². The quantitative estimate of drug-likeness (QED) is 0.574. The van der Waals surface area contributed by atoms with Crippen LogP contribution in [0.5, 0.6) is 0 Å². The molecule has 0 atom stereocenters. The molecular weight excluding hydrogens is 366 g/mol. The maximum Gasteiger partial charge on any atom is 0.258 e. The van der Waals surface area contributed by atoms with Crippen LogP contribution in [0.25, 0.3) is 0 Å². The highest BCUT2D eigenvalue weighted by Gasteiger charge is 2.10. The number of amides is 2. The molecule has 3 aromatic rings. The molecule has 138 valence electrons. The summed E-state index contributed by atoms with van der Waals surface area (Å²) in [6.45, 7) is 0.457. The third-order valence-corrected chi connectivity index (χ3v) is 4.47. The summed E-state index contributed by atoms with van der Waals surface area (Å²) >= 11 is 1.28. The van der Waals surface area contributed by atoms with Crippen LogP contribution in [0.3, 0.4) is 0 Å². The van der Waals surface area contributed by atoms with Crippen LogP contribution in [0, 0.1) is 0 Å². The number of pyridine rings is 2. The first-order valence-electron chi connectivity index (χ1n) is 8.20. The number of hydrogen-bond acceptors (Lipinski definition) is 6. The number of hydrogen-bond donors (Lipinski definition) is 3. The Morgan fingerprint density at radius 3 is 2.70 bits per heavy atom. The van der Waals surface area contributed by atoms with Gasteiger partial charge in [0, 0.05) is 43.0 Å². The monoisotopic (exact) mass is 383 g/mol. The molecule has 3 rings (SSSR count). The van der Waals surface area contributed by atoms with Crippen molar-refractivity contribution in [3.8, 4) is 0 Å². The Morgan fingerprint density at radius 2 is 1.96 bits per heavy atom. The molecule has 0 unspecified atom stereocenters. The van der Waals surface area contributed by atoms with Gasteiger partial charge in [0.05, 0.1) is 11.3 Å². The van der Waals surface area contributed by atoms with E-state index in [1.54, 1.807) is 17.8 Å². The smallest absolute Gasteiger partial charge is 0.258 e. The van der Waals surface area contributed by atoms with Crippen LogP contribution >= 0.6 is 11.3 Å². The average Bonchev–Trinajstić information content (AvgIpc) is 3.13. The summed E-state index contributed by atoms with van der Waals surface area (Å²) in [6, 6.07) is 6.42. The fraction of sp³-hybridized carbons (Fsp3) is 0.167. The molecule has 3 N–H and O–H groups in total. The first kappa shape index (κ1) is 18.5. The van der Waals surface area contributed by atoms with Gasteiger partial charge in [-0.05, 0) is 30.2 Å². The number of thiazole rings is 1. The lowest BCUT2D eigenvalue weighted by molar-refractivity contribution is -0.121. The van der Waals surface area contributed by atoms with Crippen molar-refractivity contribution in [3.63, 3.8) is 0 Å². The van der Waals surface area contributed by atoms with Crippen molar-refractivity contribution in [1.82, 2.24) is 20.3 Å². The van der Waals surface area contributed by atoms with Crippen molar-refractivity contribution in [1.29, 1.82) is 0 Å². The van der Waals surface area contributed by atoms with E-state index in [1.807, 2.05) is 12.1 Å². The number of aromatic nitrogens is 3. The SMILES string of the molecule is O=C(CCc1csc(NC(=O)c2ccc(=O)[nH]c2)n1)NCc1ccncc1. The number of aromatic amines is 1. The van der Waals surface area contributed by atoms with E-state index in [0.29, 0.717) is 30.1 Å². The number of carbonyl (C=O) groups excluding carboxylic acids is 2. The summed E-state index contributed by atoms with van der Waals surface area (Å²) in [5.74, 6) is -0.430. The largest absolute Gasteiger partial charge is 0.352 e. The highest BCUT2D eigenvalue weighted by molar-refractivity contribution is 7.14. The molecule has 0 fully saturated rings. The van der Waals surface area contributed by atoms with Crippen molar-refractivity contribution in [3.05, 3.63) is 75.4 Å². The van der Waals surface area contributed by atoms with Gasteiger partial charge >= 0.3 is 0 Å². The van der Waals surface area contributed by atoms with Crippen molar-refractivity contribution in [2.45, 2.75) is 19.4 Å². The Labute approximate surface area is 158 Å². The lowest BCUT2D eigenvalue weighted by atomic mass is 10.2. The van der Waals surface area contributed by atoms with E-state index in [0.717, 1.165) is 11.3 Å². The third kappa shape index (κ3) is 5.58. The second-order valence-electron chi connectivity index (χ2n) is 5.67. The van der Waals surface area contributed by atoms with Crippen LogP contribution < -0.4 is 16.2 Å². The van der Waals surface area contributed by atoms with Crippen molar-refractivity contribution < 1.29 is 9.59 Å². The first-order chi connectivity index (χ1) is 13.1. The molecule has 0 saturated carbocycles. The second kappa shape index (κ2) is 8.86. The predicted molar refractivity (Wildman–Crippen MR) is 102 cm³/mol. The van der Waals surface area contributed by atoms with E-state index >= 15 is 0 Å². The molecule has 0 aliphatic carbocycles. The van der Waals surface area contributed by atoms with Crippen LogP contribution in [-0.2, 0) is 17.8 Å². The first-order valence-corrected chi connectivity index (χ1v) is 9.08.